The lowest BCUT2D eigenvalue weighted by Crippen LogP contribution is -2.45. The molecule has 0 aliphatic carbocycles. The van der Waals surface area contributed by atoms with Gasteiger partial charge in [-0.3, -0.25) is 19.2 Å². The first-order valence-corrected chi connectivity index (χ1v) is 14.4. The summed E-state index contributed by atoms with van der Waals surface area (Å²) in [7, 11) is 0. The summed E-state index contributed by atoms with van der Waals surface area (Å²) < 4.78 is 15.6. The van der Waals surface area contributed by atoms with Crippen molar-refractivity contribution in [3.05, 3.63) is 55.1 Å². The maximum atomic E-state index is 13.5. The van der Waals surface area contributed by atoms with Gasteiger partial charge < -0.3 is 30.2 Å². The Morgan fingerprint density at radius 1 is 1.00 bits per heavy atom. The monoisotopic (exact) mass is 601 g/mol. The van der Waals surface area contributed by atoms with Gasteiger partial charge in [0.1, 0.15) is 24.6 Å². The molecule has 0 aromatic heterocycles. The summed E-state index contributed by atoms with van der Waals surface area (Å²) in [5, 5.41) is 8.26. The van der Waals surface area contributed by atoms with Gasteiger partial charge in [0.2, 0.25) is 11.8 Å². The van der Waals surface area contributed by atoms with E-state index in [1.54, 1.807) is 45.1 Å². The first kappa shape index (κ1) is 36.9. The molecule has 0 saturated heterocycles. The van der Waals surface area contributed by atoms with E-state index in [-0.39, 0.29) is 37.0 Å². The van der Waals surface area contributed by atoms with Crippen LogP contribution in [-0.2, 0) is 35.1 Å². The van der Waals surface area contributed by atoms with Gasteiger partial charge in [0.25, 0.3) is 6.47 Å². The van der Waals surface area contributed by atoms with Crippen LogP contribution in [0.2, 0.25) is 0 Å². The molecule has 238 valence electrons. The van der Waals surface area contributed by atoms with Gasteiger partial charge in [-0.05, 0) is 64.2 Å². The van der Waals surface area contributed by atoms with Gasteiger partial charge in [0.05, 0.1) is 12.1 Å². The summed E-state index contributed by atoms with van der Waals surface area (Å²) in [6, 6.07) is 5.83. The third-order valence-electron chi connectivity index (χ3n) is 6.13. The number of unbranched alkanes of at least 4 members (excludes halogenated alkanes) is 1. The van der Waals surface area contributed by atoms with E-state index in [1.165, 1.54) is 6.92 Å². The van der Waals surface area contributed by atoms with Crippen LogP contribution in [0.4, 0.5) is 4.79 Å². The van der Waals surface area contributed by atoms with E-state index in [0.717, 1.165) is 5.56 Å². The Balaban J connectivity index is 2.98. The molecule has 11 nitrogen and oxygen atoms in total. The molecule has 1 rings (SSSR count). The second-order valence-electron chi connectivity index (χ2n) is 11.2. The number of hydrogen-bond donors (Lipinski definition) is 3. The highest BCUT2D eigenvalue weighted by molar-refractivity contribution is 5.92. The Morgan fingerprint density at radius 3 is 2.28 bits per heavy atom. The fourth-order valence-corrected chi connectivity index (χ4v) is 4.18. The number of rotatable bonds is 21. The molecule has 0 saturated carbocycles. The van der Waals surface area contributed by atoms with Gasteiger partial charge in [-0.15, -0.1) is 6.58 Å². The number of carbonyl (C=O) groups is 5. The Bertz CT molecular complexity index is 1070. The number of nitrogens with one attached hydrogen (secondary N) is 3. The molecule has 3 N–H and O–H groups in total. The minimum absolute atomic E-state index is 0.0389. The quantitative estimate of drug-likeness (QED) is 0.109. The van der Waals surface area contributed by atoms with Gasteiger partial charge >= 0.3 is 6.09 Å². The lowest BCUT2D eigenvalue weighted by atomic mass is 9.90. The molecule has 3 amide bonds. The Hall–Kier alpha value is -4.15. The van der Waals surface area contributed by atoms with Gasteiger partial charge in [0, 0.05) is 25.8 Å². The molecule has 11 heteroatoms. The van der Waals surface area contributed by atoms with E-state index in [0.29, 0.717) is 51.1 Å². The Kier molecular flexibility index (Phi) is 17.0. The van der Waals surface area contributed by atoms with Crippen molar-refractivity contribution in [3.63, 3.8) is 0 Å². The maximum absolute atomic E-state index is 13.5. The molecule has 0 aliphatic heterocycles. The van der Waals surface area contributed by atoms with E-state index >= 15 is 0 Å². The summed E-state index contributed by atoms with van der Waals surface area (Å²) in [5.74, 6) is -1.10. The second-order valence-corrected chi connectivity index (χ2v) is 11.2. The highest BCUT2D eigenvalue weighted by Crippen LogP contribution is 2.19. The highest BCUT2D eigenvalue weighted by Gasteiger charge is 2.28. The SMILES string of the molecule is C=CCOc1ccc(C[C@H](NC(C)=O)C(=O)C[C@@H](CCCCNC(=O)OC(C)(C)C)C(=O)N[C@@H](CC=C)COC=O)cc1. The van der Waals surface area contributed by atoms with Crippen LogP contribution >= 0.6 is 0 Å². The van der Waals surface area contributed by atoms with E-state index in [4.69, 9.17) is 14.2 Å². The van der Waals surface area contributed by atoms with Crippen molar-refractivity contribution in [1.82, 2.24) is 16.0 Å². The van der Waals surface area contributed by atoms with Crippen LogP contribution in [0.3, 0.4) is 0 Å². The molecular weight excluding hydrogens is 554 g/mol. The smallest absolute Gasteiger partial charge is 0.407 e. The van der Waals surface area contributed by atoms with Crippen molar-refractivity contribution in [2.75, 3.05) is 19.8 Å². The van der Waals surface area contributed by atoms with Crippen LogP contribution in [0.15, 0.2) is 49.6 Å². The topological polar surface area (TPSA) is 149 Å². The van der Waals surface area contributed by atoms with Crippen LogP contribution in [-0.4, -0.2) is 67.6 Å². The lowest BCUT2D eigenvalue weighted by molar-refractivity contribution is -0.134. The predicted molar refractivity (Wildman–Crippen MR) is 163 cm³/mol. The van der Waals surface area contributed by atoms with Crippen LogP contribution in [0.5, 0.6) is 5.75 Å². The summed E-state index contributed by atoms with van der Waals surface area (Å²) in [5.41, 5.74) is 0.193. The summed E-state index contributed by atoms with van der Waals surface area (Å²) in [6.45, 7) is 14.9. The second kappa shape index (κ2) is 19.9. The van der Waals surface area contributed by atoms with Crippen molar-refractivity contribution in [2.24, 2.45) is 5.92 Å². The number of hydrogen-bond acceptors (Lipinski definition) is 8. The predicted octanol–water partition coefficient (Wildman–Crippen LogP) is 3.80. The van der Waals surface area contributed by atoms with Crippen LogP contribution in [0.25, 0.3) is 0 Å². The molecule has 0 radical (unpaired) electrons. The number of benzene rings is 1. The average molecular weight is 602 g/mol. The number of alkyl carbamates (subject to hydrolysis) is 1. The molecule has 1 aromatic rings. The molecule has 0 fully saturated rings. The van der Waals surface area contributed by atoms with E-state index in [9.17, 15) is 24.0 Å². The lowest BCUT2D eigenvalue weighted by Gasteiger charge is -2.24. The zero-order valence-corrected chi connectivity index (χ0v) is 25.8. The van der Waals surface area contributed by atoms with Crippen molar-refractivity contribution >= 4 is 30.2 Å². The number of Topliss-reactive ketones (excluding diaryl/α,β-unsaturated/α-hetero) is 1. The molecule has 43 heavy (non-hydrogen) atoms. The summed E-state index contributed by atoms with van der Waals surface area (Å²) in [4.78, 5) is 61.4. The molecule has 0 bridgehead atoms. The first-order valence-electron chi connectivity index (χ1n) is 14.4. The molecule has 0 aliphatic rings. The van der Waals surface area contributed by atoms with Gasteiger partial charge in [-0.25, -0.2) is 4.79 Å². The third-order valence-corrected chi connectivity index (χ3v) is 6.13. The van der Waals surface area contributed by atoms with Crippen LogP contribution < -0.4 is 20.7 Å². The van der Waals surface area contributed by atoms with Crippen molar-refractivity contribution in [1.29, 1.82) is 0 Å². The fraction of sp³-hybridized carbons (Fsp3) is 0.531. The normalized spacial score (nSPS) is 12.9. The minimum atomic E-state index is -0.844. The molecule has 0 heterocycles. The zero-order valence-electron chi connectivity index (χ0n) is 25.8. The largest absolute Gasteiger partial charge is 0.490 e. The molecule has 0 spiro atoms. The van der Waals surface area contributed by atoms with Crippen LogP contribution in [0.1, 0.15) is 65.4 Å². The van der Waals surface area contributed by atoms with Gasteiger partial charge in [0.15, 0.2) is 5.78 Å². The van der Waals surface area contributed by atoms with Crippen molar-refractivity contribution in [3.8, 4) is 5.75 Å². The first-order chi connectivity index (χ1) is 20.4. The van der Waals surface area contributed by atoms with Gasteiger partial charge in [-0.2, -0.15) is 0 Å². The van der Waals surface area contributed by atoms with E-state index in [1.807, 2.05) is 12.1 Å². The number of ether oxygens (including phenoxy) is 3. The number of amides is 3. The summed E-state index contributed by atoms with van der Waals surface area (Å²) in [6.07, 6.45) is 4.63. The molecule has 0 unspecified atom stereocenters. The van der Waals surface area contributed by atoms with Gasteiger partial charge in [-0.1, -0.05) is 37.3 Å². The maximum Gasteiger partial charge on any atom is 0.407 e. The highest BCUT2D eigenvalue weighted by atomic mass is 16.6. The minimum Gasteiger partial charge on any atom is -0.490 e. The molecule has 1 aromatic carbocycles. The number of carbonyl (C=O) groups excluding carboxylic acids is 5. The number of ketones is 1. The summed E-state index contributed by atoms with van der Waals surface area (Å²) >= 11 is 0. The van der Waals surface area contributed by atoms with Crippen molar-refractivity contribution < 1.29 is 38.2 Å². The van der Waals surface area contributed by atoms with E-state index < -0.39 is 29.7 Å². The Morgan fingerprint density at radius 2 is 1.70 bits per heavy atom. The molecule has 3 atom stereocenters. The Labute approximate surface area is 254 Å². The fourth-order valence-electron chi connectivity index (χ4n) is 4.18. The standard InChI is InChI=1S/C32H47N3O8/c1-7-11-26(21-41-22-36)35-30(39)25(12-9-10-17-33-31(40)43-32(4,5)6)20-29(38)28(34-23(3)37)19-24-13-15-27(16-14-24)42-18-8-2/h7-8,13-16,22,25-26,28H,1-2,9-12,17-21H2,3-6H3,(H,33,40)(H,34,37)(H,35,39)/t25-,26+,28+/m1/s1. The average Bonchev–Trinajstić information content (AvgIpc) is 2.93. The molecular formula is C32H47N3O8. The van der Waals surface area contributed by atoms with E-state index in [2.05, 4.69) is 29.1 Å². The third kappa shape index (κ3) is 16.8. The zero-order chi connectivity index (χ0) is 32.3. The van der Waals surface area contributed by atoms with Crippen molar-refractivity contribution in [2.45, 2.75) is 83.9 Å². The van der Waals surface area contributed by atoms with Crippen LogP contribution in [0, 0.1) is 5.92 Å².